The SMILES string of the molecule is CCCCC(=O)NC1CC(=O)N(c2ccc(OC)cc2)C1. The van der Waals surface area contributed by atoms with Crippen molar-refractivity contribution in [3.8, 4) is 5.75 Å². The van der Waals surface area contributed by atoms with Crippen LogP contribution in [0.5, 0.6) is 5.75 Å². The van der Waals surface area contributed by atoms with Gasteiger partial charge in [0.15, 0.2) is 0 Å². The Balaban J connectivity index is 1.94. The van der Waals surface area contributed by atoms with Crippen molar-refractivity contribution in [2.45, 2.75) is 38.6 Å². The normalized spacial score (nSPS) is 17.9. The summed E-state index contributed by atoms with van der Waals surface area (Å²) in [6, 6.07) is 7.28. The van der Waals surface area contributed by atoms with Gasteiger partial charge in [0.05, 0.1) is 13.2 Å². The van der Waals surface area contributed by atoms with E-state index >= 15 is 0 Å². The molecule has 0 bridgehead atoms. The molecule has 2 amide bonds. The van der Waals surface area contributed by atoms with E-state index in [0.717, 1.165) is 24.3 Å². The maximum atomic E-state index is 12.1. The lowest BCUT2D eigenvalue weighted by atomic mass is 10.2. The molecule has 0 aromatic heterocycles. The second-order valence-electron chi connectivity index (χ2n) is 5.27. The van der Waals surface area contributed by atoms with Crippen molar-refractivity contribution in [1.29, 1.82) is 0 Å². The quantitative estimate of drug-likeness (QED) is 0.873. The lowest BCUT2D eigenvalue weighted by Crippen LogP contribution is -2.37. The summed E-state index contributed by atoms with van der Waals surface area (Å²) in [6.45, 7) is 2.58. The molecule has 1 aliphatic heterocycles. The van der Waals surface area contributed by atoms with Crippen LogP contribution in [-0.4, -0.2) is 31.5 Å². The molecule has 0 radical (unpaired) electrons. The number of nitrogens with zero attached hydrogens (tertiary/aromatic N) is 1. The number of carbonyl (C=O) groups excluding carboxylic acids is 2. The monoisotopic (exact) mass is 290 g/mol. The minimum atomic E-state index is -0.0936. The van der Waals surface area contributed by atoms with Gasteiger partial charge in [0.25, 0.3) is 0 Å². The Labute approximate surface area is 125 Å². The van der Waals surface area contributed by atoms with E-state index < -0.39 is 0 Å². The molecule has 1 N–H and O–H groups in total. The van der Waals surface area contributed by atoms with Crippen LogP contribution < -0.4 is 15.0 Å². The molecule has 1 unspecified atom stereocenters. The molecule has 0 aliphatic carbocycles. The van der Waals surface area contributed by atoms with E-state index in [0.29, 0.717) is 19.4 Å². The molecular weight excluding hydrogens is 268 g/mol. The maximum absolute atomic E-state index is 12.1. The van der Waals surface area contributed by atoms with Gasteiger partial charge in [-0.3, -0.25) is 9.59 Å². The van der Waals surface area contributed by atoms with Gasteiger partial charge in [-0.2, -0.15) is 0 Å². The Kier molecular flexibility index (Phi) is 5.20. The van der Waals surface area contributed by atoms with E-state index in [9.17, 15) is 9.59 Å². The first-order valence-electron chi connectivity index (χ1n) is 7.37. The summed E-state index contributed by atoms with van der Waals surface area (Å²) in [5, 5.41) is 2.94. The summed E-state index contributed by atoms with van der Waals surface area (Å²) in [5.74, 6) is 0.835. The van der Waals surface area contributed by atoms with Crippen LogP contribution in [0.1, 0.15) is 32.6 Å². The zero-order valence-corrected chi connectivity index (χ0v) is 12.6. The molecular formula is C16H22N2O3. The number of unbranched alkanes of at least 4 members (excludes halogenated alkanes) is 1. The Bertz CT molecular complexity index is 499. The number of rotatable bonds is 6. The molecule has 1 atom stereocenters. The minimum absolute atomic E-state index is 0.0335. The lowest BCUT2D eigenvalue weighted by molar-refractivity contribution is -0.121. The number of methoxy groups -OCH3 is 1. The number of ether oxygens (including phenoxy) is 1. The third kappa shape index (κ3) is 3.97. The van der Waals surface area contributed by atoms with Crippen LogP contribution in [0.25, 0.3) is 0 Å². The largest absolute Gasteiger partial charge is 0.497 e. The van der Waals surface area contributed by atoms with Gasteiger partial charge in [0, 0.05) is 25.1 Å². The van der Waals surface area contributed by atoms with E-state index in [4.69, 9.17) is 4.74 Å². The molecule has 1 aliphatic rings. The predicted octanol–water partition coefficient (Wildman–Crippen LogP) is 2.11. The molecule has 1 fully saturated rings. The summed E-state index contributed by atoms with van der Waals surface area (Å²) < 4.78 is 5.11. The van der Waals surface area contributed by atoms with Crippen LogP contribution >= 0.6 is 0 Å². The molecule has 5 heteroatoms. The molecule has 1 aromatic carbocycles. The standard InChI is InChI=1S/C16H22N2O3/c1-3-4-5-15(19)17-12-10-16(20)18(11-12)13-6-8-14(21-2)9-7-13/h6-9,12H,3-5,10-11H2,1-2H3,(H,17,19). The van der Waals surface area contributed by atoms with Crippen molar-refractivity contribution >= 4 is 17.5 Å². The van der Waals surface area contributed by atoms with E-state index in [-0.39, 0.29) is 17.9 Å². The fourth-order valence-corrected chi connectivity index (χ4v) is 2.45. The first kappa shape index (κ1) is 15.4. The zero-order chi connectivity index (χ0) is 15.2. The summed E-state index contributed by atoms with van der Waals surface area (Å²) >= 11 is 0. The Hall–Kier alpha value is -2.04. The highest BCUT2D eigenvalue weighted by molar-refractivity contribution is 5.96. The van der Waals surface area contributed by atoms with Gasteiger partial charge in [0.2, 0.25) is 11.8 Å². The van der Waals surface area contributed by atoms with E-state index in [1.807, 2.05) is 24.3 Å². The van der Waals surface area contributed by atoms with Gasteiger partial charge in [0.1, 0.15) is 5.75 Å². The number of carbonyl (C=O) groups is 2. The van der Waals surface area contributed by atoms with Crippen molar-refractivity contribution in [2.75, 3.05) is 18.6 Å². The topological polar surface area (TPSA) is 58.6 Å². The van der Waals surface area contributed by atoms with Crippen molar-refractivity contribution in [2.24, 2.45) is 0 Å². The third-order valence-corrected chi connectivity index (χ3v) is 3.63. The van der Waals surface area contributed by atoms with Gasteiger partial charge in [-0.1, -0.05) is 13.3 Å². The Morgan fingerprint density at radius 1 is 1.38 bits per heavy atom. The number of benzene rings is 1. The maximum Gasteiger partial charge on any atom is 0.229 e. The highest BCUT2D eigenvalue weighted by atomic mass is 16.5. The number of anilines is 1. The van der Waals surface area contributed by atoms with Gasteiger partial charge >= 0.3 is 0 Å². The van der Waals surface area contributed by atoms with Crippen LogP contribution in [0.2, 0.25) is 0 Å². The summed E-state index contributed by atoms with van der Waals surface area (Å²) in [7, 11) is 1.61. The summed E-state index contributed by atoms with van der Waals surface area (Å²) in [4.78, 5) is 25.5. The lowest BCUT2D eigenvalue weighted by Gasteiger charge is -2.17. The highest BCUT2D eigenvalue weighted by Crippen LogP contribution is 2.24. The average molecular weight is 290 g/mol. The van der Waals surface area contributed by atoms with Gasteiger partial charge < -0.3 is 15.0 Å². The highest BCUT2D eigenvalue weighted by Gasteiger charge is 2.31. The van der Waals surface area contributed by atoms with E-state index in [2.05, 4.69) is 12.2 Å². The molecule has 2 rings (SSSR count). The Morgan fingerprint density at radius 2 is 2.10 bits per heavy atom. The number of nitrogens with one attached hydrogen (secondary N) is 1. The molecule has 1 saturated heterocycles. The predicted molar refractivity (Wildman–Crippen MR) is 81.4 cm³/mol. The first-order chi connectivity index (χ1) is 10.1. The molecule has 0 saturated carbocycles. The van der Waals surface area contributed by atoms with Gasteiger partial charge in [-0.05, 0) is 30.7 Å². The fourth-order valence-electron chi connectivity index (χ4n) is 2.45. The van der Waals surface area contributed by atoms with Crippen molar-refractivity contribution in [1.82, 2.24) is 5.32 Å². The Morgan fingerprint density at radius 3 is 2.71 bits per heavy atom. The molecule has 1 heterocycles. The first-order valence-corrected chi connectivity index (χ1v) is 7.37. The zero-order valence-electron chi connectivity index (χ0n) is 12.6. The smallest absolute Gasteiger partial charge is 0.229 e. The molecule has 1 aromatic rings. The van der Waals surface area contributed by atoms with Gasteiger partial charge in [-0.25, -0.2) is 0 Å². The number of hydrogen-bond donors (Lipinski definition) is 1. The molecule has 0 spiro atoms. The van der Waals surface area contributed by atoms with Gasteiger partial charge in [-0.15, -0.1) is 0 Å². The van der Waals surface area contributed by atoms with Crippen LogP contribution in [0.4, 0.5) is 5.69 Å². The number of amides is 2. The summed E-state index contributed by atoms with van der Waals surface area (Å²) in [5.41, 5.74) is 0.839. The average Bonchev–Trinajstić information content (AvgIpc) is 2.85. The fraction of sp³-hybridized carbons (Fsp3) is 0.500. The molecule has 114 valence electrons. The molecule has 21 heavy (non-hydrogen) atoms. The second kappa shape index (κ2) is 7.11. The second-order valence-corrected chi connectivity index (χ2v) is 5.27. The van der Waals surface area contributed by atoms with Crippen LogP contribution in [0.3, 0.4) is 0 Å². The van der Waals surface area contributed by atoms with Crippen molar-refractivity contribution < 1.29 is 14.3 Å². The van der Waals surface area contributed by atoms with Crippen LogP contribution in [0, 0.1) is 0 Å². The van der Waals surface area contributed by atoms with Crippen LogP contribution in [0.15, 0.2) is 24.3 Å². The molecule has 5 nitrogen and oxygen atoms in total. The van der Waals surface area contributed by atoms with E-state index in [1.165, 1.54) is 0 Å². The van der Waals surface area contributed by atoms with Crippen LogP contribution in [-0.2, 0) is 9.59 Å². The number of hydrogen-bond acceptors (Lipinski definition) is 3. The minimum Gasteiger partial charge on any atom is -0.497 e. The summed E-state index contributed by atoms with van der Waals surface area (Å²) in [6.07, 6.45) is 2.78. The van der Waals surface area contributed by atoms with Crippen molar-refractivity contribution in [3.63, 3.8) is 0 Å². The van der Waals surface area contributed by atoms with E-state index in [1.54, 1.807) is 12.0 Å². The van der Waals surface area contributed by atoms with Crippen molar-refractivity contribution in [3.05, 3.63) is 24.3 Å². The third-order valence-electron chi connectivity index (χ3n) is 3.63.